The van der Waals surface area contributed by atoms with Crippen molar-refractivity contribution in [3.8, 4) is 0 Å². The van der Waals surface area contributed by atoms with Gasteiger partial charge in [0.15, 0.2) is 0 Å². The highest BCUT2D eigenvalue weighted by atomic mass is 19.1. The predicted octanol–water partition coefficient (Wildman–Crippen LogP) is 4.75. The number of rotatable bonds is 5. The molecule has 1 rings (SSSR count). The molecule has 0 aliphatic rings. The van der Waals surface area contributed by atoms with Gasteiger partial charge in [-0.15, -0.1) is 6.58 Å². The first-order valence-corrected chi connectivity index (χ1v) is 7.67. The zero-order chi connectivity index (χ0) is 18.0. The van der Waals surface area contributed by atoms with Gasteiger partial charge in [-0.1, -0.05) is 26.0 Å². The van der Waals surface area contributed by atoms with E-state index < -0.39 is 17.5 Å². The Morgan fingerprint density at radius 2 is 2.00 bits per heavy atom. The fraction of sp³-hybridized carbons (Fsp3) is 0.500. The zero-order valence-electron chi connectivity index (χ0n) is 14.9. The molecular formula is C18H28FNO3. The minimum atomic E-state index is -0.589. The number of benzene rings is 1. The van der Waals surface area contributed by atoms with Crippen LogP contribution in [-0.4, -0.2) is 18.8 Å². The molecule has 0 spiro atoms. The van der Waals surface area contributed by atoms with Gasteiger partial charge in [0.05, 0.1) is 6.10 Å². The van der Waals surface area contributed by atoms with Gasteiger partial charge < -0.3 is 14.8 Å². The minimum absolute atomic E-state index is 0.0438. The van der Waals surface area contributed by atoms with Crippen LogP contribution in [0.3, 0.4) is 0 Å². The number of carbonyl (C=O) groups excluding carboxylic acids is 1. The first-order chi connectivity index (χ1) is 10.8. The lowest BCUT2D eigenvalue weighted by atomic mass is 10.1. The van der Waals surface area contributed by atoms with Crippen molar-refractivity contribution < 1.29 is 18.7 Å². The summed E-state index contributed by atoms with van der Waals surface area (Å²) in [5.41, 5.74) is 0.547. The lowest BCUT2D eigenvalue weighted by molar-refractivity contribution is 0.0523. The second-order valence-corrected chi connectivity index (χ2v) is 5.60. The van der Waals surface area contributed by atoms with E-state index in [1.807, 2.05) is 13.8 Å². The molecule has 0 saturated heterocycles. The van der Waals surface area contributed by atoms with Crippen LogP contribution in [0.2, 0.25) is 0 Å². The second kappa shape index (κ2) is 10.0. The summed E-state index contributed by atoms with van der Waals surface area (Å²) in [6, 6.07) is 4.61. The van der Waals surface area contributed by atoms with Crippen LogP contribution in [0, 0.1) is 5.82 Å². The second-order valence-electron chi connectivity index (χ2n) is 5.60. The number of halogens is 1. The molecule has 0 bridgehead atoms. The lowest BCUT2D eigenvalue weighted by Gasteiger charge is -2.20. The molecule has 4 nitrogen and oxygen atoms in total. The standard InChI is InChI=1S/C16H22FNO3.C2H6/c1-6-14(20-5)11-7-8-13(17)12(9-11)10-18-15(19)21-16(2,3)4;1-2/h6-9,14H,1,10H2,2-5H3,(H,18,19);1-2H3. The van der Waals surface area contributed by atoms with E-state index >= 15 is 0 Å². The molecule has 1 aromatic rings. The number of hydrogen-bond donors (Lipinski definition) is 1. The Morgan fingerprint density at radius 3 is 2.48 bits per heavy atom. The van der Waals surface area contributed by atoms with E-state index in [2.05, 4.69) is 11.9 Å². The summed E-state index contributed by atoms with van der Waals surface area (Å²) in [6.07, 6.45) is 0.725. The lowest BCUT2D eigenvalue weighted by Crippen LogP contribution is -2.32. The SMILES string of the molecule is C=CC(OC)c1ccc(F)c(CNC(=O)OC(C)(C)C)c1.CC. The van der Waals surface area contributed by atoms with E-state index in [-0.39, 0.29) is 12.6 Å². The van der Waals surface area contributed by atoms with Crippen molar-refractivity contribution >= 4 is 6.09 Å². The van der Waals surface area contributed by atoms with Gasteiger partial charge in [0.25, 0.3) is 0 Å². The minimum Gasteiger partial charge on any atom is -0.444 e. The first kappa shape index (κ1) is 21.1. The van der Waals surface area contributed by atoms with Gasteiger partial charge in [0.1, 0.15) is 11.4 Å². The van der Waals surface area contributed by atoms with Crippen LogP contribution < -0.4 is 5.32 Å². The van der Waals surface area contributed by atoms with Crippen LogP contribution in [0.4, 0.5) is 9.18 Å². The van der Waals surface area contributed by atoms with E-state index in [0.29, 0.717) is 5.56 Å². The normalized spacial score (nSPS) is 11.8. The molecule has 1 atom stereocenters. The maximum atomic E-state index is 13.8. The van der Waals surface area contributed by atoms with E-state index in [1.165, 1.54) is 6.07 Å². The molecule has 1 amide bonds. The molecule has 0 heterocycles. The molecule has 0 aliphatic carbocycles. The van der Waals surface area contributed by atoms with E-state index in [0.717, 1.165) is 5.56 Å². The Hall–Kier alpha value is -1.88. The third-order valence-electron chi connectivity index (χ3n) is 2.69. The number of nitrogens with one attached hydrogen (secondary N) is 1. The number of hydrogen-bond acceptors (Lipinski definition) is 3. The Labute approximate surface area is 138 Å². The van der Waals surface area contributed by atoms with Crippen molar-refractivity contribution in [2.75, 3.05) is 7.11 Å². The molecule has 130 valence electrons. The van der Waals surface area contributed by atoms with Gasteiger partial charge in [0, 0.05) is 19.2 Å². The summed E-state index contributed by atoms with van der Waals surface area (Å²) < 4.78 is 24.1. The fourth-order valence-electron chi connectivity index (χ4n) is 1.76. The molecule has 1 unspecified atom stereocenters. The monoisotopic (exact) mass is 325 g/mol. The largest absolute Gasteiger partial charge is 0.444 e. The van der Waals surface area contributed by atoms with Gasteiger partial charge in [0.2, 0.25) is 0 Å². The number of ether oxygens (including phenoxy) is 2. The number of alkyl carbamates (subject to hydrolysis) is 1. The average Bonchev–Trinajstić information content (AvgIpc) is 2.49. The van der Waals surface area contributed by atoms with Crippen LogP contribution in [0.25, 0.3) is 0 Å². The van der Waals surface area contributed by atoms with Crippen molar-refractivity contribution in [1.29, 1.82) is 0 Å². The predicted molar refractivity (Wildman–Crippen MR) is 90.8 cm³/mol. The average molecular weight is 325 g/mol. The van der Waals surface area contributed by atoms with E-state index in [9.17, 15) is 9.18 Å². The Morgan fingerprint density at radius 1 is 1.39 bits per heavy atom. The van der Waals surface area contributed by atoms with Crippen LogP contribution >= 0.6 is 0 Å². The highest BCUT2D eigenvalue weighted by Crippen LogP contribution is 2.20. The summed E-state index contributed by atoms with van der Waals surface area (Å²) in [6.45, 7) is 13.0. The molecule has 0 aliphatic heterocycles. The third-order valence-corrected chi connectivity index (χ3v) is 2.69. The topological polar surface area (TPSA) is 47.6 Å². The molecule has 23 heavy (non-hydrogen) atoms. The van der Waals surface area contributed by atoms with Crippen molar-refractivity contribution in [3.63, 3.8) is 0 Å². The third kappa shape index (κ3) is 7.79. The quantitative estimate of drug-likeness (QED) is 0.795. The van der Waals surface area contributed by atoms with Crippen molar-refractivity contribution in [2.24, 2.45) is 0 Å². The Kier molecular flexibility index (Phi) is 9.18. The van der Waals surface area contributed by atoms with Gasteiger partial charge in [-0.25, -0.2) is 9.18 Å². The van der Waals surface area contributed by atoms with E-state index in [4.69, 9.17) is 9.47 Å². The summed E-state index contributed by atoms with van der Waals surface area (Å²) in [4.78, 5) is 11.6. The van der Waals surface area contributed by atoms with Crippen molar-refractivity contribution in [3.05, 3.63) is 47.8 Å². The number of amides is 1. The summed E-state index contributed by atoms with van der Waals surface area (Å²) >= 11 is 0. The van der Waals surface area contributed by atoms with Gasteiger partial charge in [-0.05, 0) is 38.5 Å². The van der Waals surface area contributed by atoms with Crippen LogP contribution in [-0.2, 0) is 16.0 Å². The van der Waals surface area contributed by atoms with E-state index in [1.54, 1.807) is 46.1 Å². The van der Waals surface area contributed by atoms with Gasteiger partial charge >= 0.3 is 6.09 Å². The summed E-state index contributed by atoms with van der Waals surface area (Å²) in [5, 5.41) is 2.53. The number of carbonyl (C=O) groups is 1. The highest BCUT2D eigenvalue weighted by molar-refractivity contribution is 5.67. The summed E-state index contributed by atoms with van der Waals surface area (Å²) in [5.74, 6) is -0.395. The van der Waals surface area contributed by atoms with Crippen molar-refractivity contribution in [2.45, 2.75) is 52.9 Å². The van der Waals surface area contributed by atoms with Crippen LogP contribution in [0.5, 0.6) is 0 Å². The molecule has 0 saturated carbocycles. The van der Waals surface area contributed by atoms with Gasteiger partial charge in [-0.3, -0.25) is 0 Å². The number of methoxy groups -OCH3 is 1. The smallest absolute Gasteiger partial charge is 0.407 e. The molecule has 0 radical (unpaired) electrons. The molecule has 1 aromatic carbocycles. The Bertz CT molecular complexity index is 509. The zero-order valence-corrected chi connectivity index (χ0v) is 14.9. The summed E-state index contributed by atoms with van der Waals surface area (Å²) in [7, 11) is 1.55. The molecular weight excluding hydrogens is 297 g/mol. The van der Waals surface area contributed by atoms with Crippen molar-refractivity contribution in [1.82, 2.24) is 5.32 Å². The maximum absolute atomic E-state index is 13.8. The Balaban J connectivity index is 0.00000232. The van der Waals surface area contributed by atoms with Crippen LogP contribution in [0.1, 0.15) is 51.8 Å². The van der Waals surface area contributed by atoms with Crippen LogP contribution in [0.15, 0.2) is 30.9 Å². The molecule has 1 N–H and O–H groups in total. The first-order valence-electron chi connectivity index (χ1n) is 7.67. The maximum Gasteiger partial charge on any atom is 0.407 e. The molecule has 5 heteroatoms. The van der Waals surface area contributed by atoms with Gasteiger partial charge in [-0.2, -0.15) is 0 Å². The molecule has 0 fully saturated rings. The fourth-order valence-corrected chi connectivity index (χ4v) is 1.76. The highest BCUT2D eigenvalue weighted by Gasteiger charge is 2.16. The molecule has 0 aromatic heterocycles.